The van der Waals surface area contributed by atoms with Crippen molar-refractivity contribution in [2.45, 2.75) is 116 Å². The van der Waals surface area contributed by atoms with Crippen LogP contribution in [-0.4, -0.2) is 98.8 Å². The van der Waals surface area contributed by atoms with Gasteiger partial charge in [0.1, 0.15) is 30.2 Å². The van der Waals surface area contributed by atoms with Crippen molar-refractivity contribution in [2.75, 3.05) is 0 Å². The van der Waals surface area contributed by atoms with E-state index in [9.17, 15) is 48.6 Å². The van der Waals surface area contributed by atoms with Gasteiger partial charge >= 0.3 is 11.9 Å². The predicted octanol–water partition coefficient (Wildman–Crippen LogP) is 0.0347. The number of carboxylic acid groups (broad SMARTS) is 2. The second-order valence-electron chi connectivity index (χ2n) is 14.2. The van der Waals surface area contributed by atoms with Crippen molar-refractivity contribution in [1.29, 1.82) is 0 Å². The molecule has 1 heterocycles. The highest BCUT2D eigenvalue weighted by atomic mass is 16.4. The van der Waals surface area contributed by atoms with E-state index in [1.807, 2.05) is 39.0 Å². The maximum atomic E-state index is 14.1. The summed E-state index contributed by atoms with van der Waals surface area (Å²) in [6.07, 6.45) is 0.968. The second-order valence-corrected chi connectivity index (χ2v) is 14.2. The molecule has 0 aliphatic carbocycles. The van der Waals surface area contributed by atoms with E-state index in [1.165, 1.54) is 0 Å². The van der Waals surface area contributed by atoms with Crippen LogP contribution in [-0.2, 0) is 44.8 Å². The summed E-state index contributed by atoms with van der Waals surface area (Å²) in [5, 5.41) is 32.3. The highest BCUT2D eigenvalue weighted by Crippen LogP contribution is 2.20. The van der Waals surface area contributed by atoms with Crippen molar-refractivity contribution < 1.29 is 48.6 Å². The van der Waals surface area contributed by atoms with Gasteiger partial charge in [0.2, 0.25) is 35.4 Å². The molecule has 1 aromatic carbocycles. The zero-order chi connectivity index (χ0) is 41.6. The van der Waals surface area contributed by atoms with Gasteiger partial charge in [-0.3, -0.25) is 33.6 Å². The van der Waals surface area contributed by atoms with E-state index < -0.39 is 109 Å². The number of carbonyl (C=O) groups excluding carboxylic acids is 6. The first-order valence-electron chi connectivity index (χ1n) is 18.4. The maximum Gasteiger partial charge on any atom is 0.326 e. The Kier molecular flexibility index (Phi) is 17.7. The Morgan fingerprint density at radius 1 is 0.709 bits per heavy atom. The van der Waals surface area contributed by atoms with Gasteiger partial charge in [0.15, 0.2) is 0 Å². The molecular weight excluding hydrogens is 716 g/mol. The number of para-hydroxylation sites is 1. The predicted molar refractivity (Wildman–Crippen MR) is 202 cm³/mol. The van der Waals surface area contributed by atoms with E-state index >= 15 is 0 Å². The summed E-state index contributed by atoms with van der Waals surface area (Å²) < 4.78 is 0. The number of primary amides is 1. The third-order valence-corrected chi connectivity index (χ3v) is 9.63. The molecule has 18 heteroatoms. The lowest BCUT2D eigenvalue weighted by Gasteiger charge is -2.29. The van der Waals surface area contributed by atoms with E-state index in [4.69, 9.17) is 11.5 Å². The molecule has 0 aliphatic rings. The number of fused-ring (bicyclic) bond motifs is 1. The molecule has 0 saturated carbocycles. The Morgan fingerprint density at radius 2 is 1.25 bits per heavy atom. The van der Waals surface area contributed by atoms with Crippen LogP contribution in [0, 0.1) is 17.8 Å². The highest BCUT2D eigenvalue weighted by Gasteiger charge is 2.36. The summed E-state index contributed by atoms with van der Waals surface area (Å²) in [7, 11) is 0. The van der Waals surface area contributed by atoms with Gasteiger partial charge in [-0.05, 0) is 35.8 Å². The number of nitrogens with two attached hydrogens (primary N) is 2. The summed E-state index contributed by atoms with van der Waals surface area (Å²) >= 11 is 0. The Balaban J connectivity index is 2.47. The first-order valence-corrected chi connectivity index (χ1v) is 18.4. The quantitative estimate of drug-likeness (QED) is 0.0719. The Bertz CT molecular complexity index is 1690. The van der Waals surface area contributed by atoms with Crippen LogP contribution in [0.2, 0.25) is 0 Å². The molecule has 6 amide bonds. The number of aliphatic carboxylic acids is 2. The number of carboxylic acids is 2. The van der Waals surface area contributed by atoms with Gasteiger partial charge in [0, 0.05) is 29.9 Å². The lowest BCUT2D eigenvalue weighted by molar-refractivity contribution is -0.144. The number of carbonyl (C=O) groups is 8. The third kappa shape index (κ3) is 13.7. The number of amides is 6. The zero-order valence-electron chi connectivity index (χ0n) is 32.1. The topological polar surface area (TPSA) is 305 Å². The number of aromatic nitrogens is 1. The average molecular weight is 773 g/mol. The van der Waals surface area contributed by atoms with Crippen molar-refractivity contribution in [2.24, 2.45) is 29.2 Å². The van der Waals surface area contributed by atoms with Gasteiger partial charge in [-0.25, -0.2) is 4.79 Å². The smallest absolute Gasteiger partial charge is 0.326 e. The van der Waals surface area contributed by atoms with Gasteiger partial charge in [-0.1, -0.05) is 72.6 Å². The van der Waals surface area contributed by atoms with Crippen LogP contribution in [0.4, 0.5) is 0 Å². The Morgan fingerprint density at radius 3 is 1.82 bits per heavy atom. The molecule has 0 bridgehead atoms. The standard InChI is InChI=1S/C37H56N8O10/c1-7-19(5)29(39)34(51)45-31(20(6)8-2)36(53)42-25(15-21-17-40-23-12-10-9-11-22(21)23)33(50)41-24(13-14-28(47)48)32(49)44-30(18(3)4)35(52)43-26(37(54)55)16-27(38)46/h9-12,17-20,24-26,29-31,40H,7-8,13-16,39H2,1-6H3,(H2,38,46)(H,41,50)(H,42,53)(H,43,52)(H,44,49)(H,45,51)(H,47,48)(H,54,55)/t19?,20?,24-,25-,26-,29?,30-,31-/m0/s1. The molecule has 55 heavy (non-hydrogen) atoms. The highest BCUT2D eigenvalue weighted by molar-refractivity contribution is 5.97. The summed E-state index contributed by atoms with van der Waals surface area (Å²) in [5.41, 5.74) is 12.7. The lowest BCUT2D eigenvalue weighted by atomic mass is 9.95. The molecular formula is C37H56N8O10. The van der Waals surface area contributed by atoms with Gasteiger partial charge < -0.3 is 53.2 Å². The molecule has 1 aromatic heterocycles. The van der Waals surface area contributed by atoms with Gasteiger partial charge in [-0.15, -0.1) is 0 Å². The van der Waals surface area contributed by atoms with Gasteiger partial charge in [0.05, 0.1) is 12.5 Å². The number of H-pyrrole nitrogens is 1. The summed E-state index contributed by atoms with van der Waals surface area (Å²) in [6.45, 7) is 10.4. The molecule has 18 nitrogen and oxygen atoms in total. The Labute approximate surface area is 319 Å². The van der Waals surface area contributed by atoms with Gasteiger partial charge in [-0.2, -0.15) is 0 Å². The summed E-state index contributed by atoms with van der Waals surface area (Å²) in [6, 6.07) is -0.700. The van der Waals surface area contributed by atoms with Crippen molar-refractivity contribution in [3.63, 3.8) is 0 Å². The minimum absolute atomic E-state index is 0.0874. The van der Waals surface area contributed by atoms with E-state index in [0.717, 1.165) is 10.9 Å². The third-order valence-electron chi connectivity index (χ3n) is 9.63. The van der Waals surface area contributed by atoms with Crippen molar-refractivity contribution in [1.82, 2.24) is 31.6 Å². The van der Waals surface area contributed by atoms with E-state index in [1.54, 1.807) is 33.0 Å². The van der Waals surface area contributed by atoms with Crippen LogP contribution >= 0.6 is 0 Å². The monoisotopic (exact) mass is 772 g/mol. The summed E-state index contributed by atoms with van der Waals surface area (Å²) in [4.78, 5) is 106. The zero-order valence-corrected chi connectivity index (χ0v) is 32.1. The van der Waals surface area contributed by atoms with Crippen molar-refractivity contribution in [3.8, 4) is 0 Å². The van der Waals surface area contributed by atoms with Crippen LogP contribution in [0.1, 0.15) is 79.2 Å². The molecule has 3 unspecified atom stereocenters. The molecule has 304 valence electrons. The minimum Gasteiger partial charge on any atom is -0.481 e. The molecule has 0 fully saturated rings. The first kappa shape index (κ1) is 45.6. The Hall–Kier alpha value is -5.52. The number of benzene rings is 1. The number of rotatable bonds is 23. The molecule has 0 radical (unpaired) electrons. The fourth-order valence-electron chi connectivity index (χ4n) is 5.72. The number of hydrogen-bond donors (Lipinski definition) is 10. The van der Waals surface area contributed by atoms with E-state index in [2.05, 4.69) is 31.6 Å². The van der Waals surface area contributed by atoms with Gasteiger partial charge in [0.25, 0.3) is 0 Å². The maximum absolute atomic E-state index is 14.1. The lowest BCUT2D eigenvalue weighted by Crippen LogP contribution is -2.61. The normalized spacial score (nSPS) is 15.6. The molecule has 8 atom stereocenters. The summed E-state index contributed by atoms with van der Waals surface area (Å²) in [5.74, 6) is -9.04. The molecule has 2 rings (SSSR count). The van der Waals surface area contributed by atoms with Crippen LogP contribution in [0.5, 0.6) is 0 Å². The van der Waals surface area contributed by atoms with Crippen LogP contribution in [0.15, 0.2) is 30.5 Å². The molecule has 0 saturated heterocycles. The second kappa shape index (κ2) is 21.4. The van der Waals surface area contributed by atoms with Crippen LogP contribution < -0.4 is 38.1 Å². The molecule has 0 spiro atoms. The number of hydrogen-bond acceptors (Lipinski definition) is 9. The van der Waals surface area contributed by atoms with E-state index in [-0.39, 0.29) is 18.3 Å². The fourth-order valence-corrected chi connectivity index (χ4v) is 5.72. The van der Waals surface area contributed by atoms with Crippen molar-refractivity contribution in [3.05, 3.63) is 36.0 Å². The number of nitrogens with one attached hydrogen (secondary N) is 6. The SMILES string of the molecule is CCC(C)C(N)C(=O)N[C@H](C(=O)N[C@@H](Cc1c[nH]c2ccccc12)C(=O)N[C@@H](CCC(=O)O)C(=O)N[C@H](C(=O)N[C@@H](CC(N)=O)C(=O)O)C(C)C)C(C)CC. The largest absolute Gasteiger partial charge is 0.481 e. The molecule has 2 aromatic rings. The number of aromatic amines is 1. The minimum atomic E-state index is -1.69. The fraction of sp³-hybridized carbons (Fsp3) is 0.568. The average Bonchev–Trinajstić information content (AvgIpc) is 3.54. The molecule has 12 N–H and O–H groups in total. The first-order chi connectivity index (χ1) is 25.8. The van der Waals surface area contributed by atoms with E-state index in [0.29, 0.717) is 18.4 Å². The van der Waals surface area contributed by atoms with Crippen LogP contribution in [0.25, 0.3) is 10.9 Å². The van der Waals surface area contributed by atoms with Crippen LogP contribution in [0.3, 0.4) is 0 Å². The van der Waals surface area contributed by atoms with Crippen molar-refractivity contribution >= 4 is 58.3 Å². The molecule has 0 aliphatic heterocycles.